The molecular formula is C12H24N2O2. The third kappa shape index (κ3) is 3.42. The van der Waals surface area contributed by atoms with Crippen molar-refractivity contribution in [2.45, 2.75) is 31.4 Å². The van der Waals surface area contributed by atoms with Gasteiger partial charge in [-0.25, -0.2) is 0 Å². The maximum absolute atomic E-state index is 5.77. The summed E-state index contributed by atoms with van der Waals surface area (Å²) in [5, 5.41) is 6.85. The lowest BCUT2D eigenvalue weighted by Crippen LogP contribution is -2.45. The van der Waals surface area contributed by atoms with Gasteiger partial charge in [-0.2, -0.15) is 0 Å². The van der Waals surface area contributed by atoms with Gasteiger partial charge in [0.05, 0.1) is 12.7 Å². The van der Waals surface area contributed by atoms with Crippen LogP contribution in [0.15, 0.2) is 0 Å². The van der Waals surface area contributed by atoms with Crippen molar-refractivity contribution in [3.05, 3.63) is 0 Å². The van der Waals surface area contributed by atoms with E-state index < -0.39 is 0 Å². The summed E-state index contributed by atoms with van der Waals surface area (Å²) in [4.78, 5) is 0. The van der Waals surface area contributed by atoms with Crippen molar-refractivity contribution in [2.24, 2.45) is 5.92 Å². The van der Waals surface area contributed by atoms with Gasteiger partial charge in [-0.1, -0.05) is 0 Å². The van der Waals surface area contributed by atoms with E-state index in [1.807, 2.05) is 0 Å². The van der Waals surface area contributed by atoms with Crippen molar-refractivity contribution >= 4 is 0 Å². The Morgan fingerprint density at radius 2 is 2.12 bits per heavy atom. The van der Waals surface area contributed by atoms with E-state index in [9.17, 15) is 0 Å². The van der Waals surface area contributed by atoms with E-state index in [4.69, 9.17) is 9.47 Å². The summed E-state index contributed by atoms with van der Waals surface area (Å²) in [6, 6.07) is 0.578. The van der Waals surface area contributed by atoms with E-state index in [0.717, 1.165) is 45.2 Å². The molecular weight excluding hydrogens is 204 g/mol. The van der Waals surface area contributed by atoms with Crippen LogP contribution in [-0.4, -0.2) is 52.1 Å². The van der Waals surface area contributed by atoms with Crippen LogP contribution in [0.4, 0.5) is 0 Å². The van der Waals surface area contributed by atoms with Crippen molar-refractivity contribution in [3.8, 4) is 0 Å². The first-order chi connectivity index (χ1) is 7.90. The molecule has 2 aliphatic rings. The molecule has 4 heteroatoms. The predicted octanol–water partition coefficient (Wildman–Crippen LogP) is 0.380. The minimum atomic E-state index is 0.383. The Kier molecular flexibility index (Phi) is 5.03. The van der Waals surface area contributed by atoms with E-state index in [1.54, 1.807) is 0 Å². The van der Waals surface area contributed by atoms with Gasteiger partial charge in [0.1, 0.15) is 0 Å². The van der Waals surface area contributed by atoms with Gasteiger partial charge in [0, 0.05) is 32.3 Å². The molecule has 0 aliphatic carbocycles. The number of ether oxygens (including phenoxy) is 2. The van der Waals surface area contributed by atoms with Crippen LogP contribution in [0.25, 0.3) is 0 Å². The lowest BCUT2D eigenvalue weighted by molar-refractivity contribution is 0.00206. The third-order valence-corrected chi connectivity index (χ3v) is 3.73. The van der Waals surface area contributed by atoms with Gasteiger partial charge < -0.3 is 20.1 Å². The molecule has 2 saturated heterocycles. The van der Waals surface area contributed by atoms with Gasteiger partial charge in [0.15, 0.2) is 0 Å². The normalized spacial score (nSPS) is 30.2. The summed E-state index contributed by atoms with van der Waals surface area (Å²) in [5.41, 5.74) is 0. The first-order valence-corrected chi connectivity index (χ1v) is 6.47. The summed E-state index contributed by atoms with van der Waals surface area (Å²) >= 11 is 0. The van der Waals surface area contributed by atoms with Gasteiger partial charge in [-0.3, -0.25) is 0 Å². The third-order valence-electron chi connectivity index (χ3n) is 3.73. The molecule has 0 saturated carbocycles. The van der Waals surface area contributed by atoms with Crippen molar-refractivity contribution in [3.63, 3.8) is 0 Å². The maximum Gasteiger partial charge on any atom is 0.0715 e. The van der Waals surface area contributed by atoms with Crippen LogP contribution in [0.2, 0.25) is 0 Å². The van der Waals surface area contributed by atoms with Gasteiger partial charge >= 0.3 is 0 Å². The standard InChI is InChI=1S/C12H24N2O2/c1-13-12(10-2-5-15-6-3-10)8-11-9-14-4-7-16-11/h10-14H,2-9H2,1H3. The zero-order chi connectivity index (χ0) is 11.2. The highest BCUT2D eigenvalue weighted by atomic mass is 16.5. The Morgan fingerprint density at radius 3 is 2.75 bits per heavy atom. The molecule has 94 valence electrons. The quantitative estimate of drug-likeness (QED) is 0.730. The molecule has 0 spiro atoms. The lowest BCUT2D eigenvalue weighted by atomic mass is 9.88. The topological polar surface area (TPSA) is 42.5 Å². The molecule has 2 fully saturated rings. The number of rotatable bonds is 4. The van der Waals surface area contributed by atoms with Crippen molar-refractivity contribution in [2.75, 3.05) is 40.0 Å². The summed E-state index contributed by atoms with van der Waals surface area (Å²) in [7, 11) is 2.07. The summed E-state index contributed by atoms with van der Waals surface area (Å²) < 4.78 is 11.2. The van der Waals surface area contributed by atoms with Crippen LogP contribution in [0.5, 0.6) is 0 Å². The SMILES string of the molecule is CNC(CC1CNCCO1)C1CCOCC1. The summed E-state index contributed by atoms with van der Waals surface area (Å²) in [5.74, 6) is 0.754. The monoisotopic (exact) mass is 228 g/mol. The van der Waals surface area contributed by atoms with Crippen LogP contribution in [0.3, 0.4) is 0 Å². The Bertz CT molecular complexity index is 189. The van der Waals surface area contributed by atoms with Crippen LogP contribution in [-0.2, 0) is 9.47 Å². The molecule has 0 amide bonds. The highest BCUT2D eigenvalue weighted by molar-refractivity contribution is 4.82. The smallest absolute Gasteiger partial charge is 0.0715 e. The first kappa shape index (κ1) is 12.3. The largest absolute Gasteiger partial charge is 0.381 e. The number of morpholine rings is 1. The minimum absolute atomic E-state index is 0.383. The Morgan fingerprint density at radius 1 is 1.31 bits per heavy atom. The van der Waals surface area contributed by atoms with E-state index in [-0.39, 0.29) is 0 Å². The molecule has 2 unspecified atom stereocenters. The highest BCUT2D eigenvalue weighted by Gasteiger charge is 2.26. The number of nitrogens with one attached hydrogen (secondary N) is 2. The maximum atomic E-state index is 5.77. The molecule has 0 aromatic rings. The number of hydrogen-bond donors (Lipinski definition) is 2. The molecule has 0 bridgehead atoms. The van der Waals surface area contributed by atoms with Gasteiger partial charge in [-0.15, -0.1) is 0 Å². The molecule has 2 atom stereocenters. The Labute approximate surface area is 98.1 Å². The lowest BCUT2D eigenvalue weighted by Gasteiger charge is -2.34. The van der Waals surface area contributed by atoms with E-state index in [0.29, 0.717) is 12.1 Å². The van der Waals surface area contributed by atoms with E-state index in [1.165, 1.54) is 12.8 Å². The predicted molar refractivity (Wildman–Crippen MR) is 63.6 cm³/mol. The summed E-state index contributed by atoms with van der Waals surface area (Å²) in [6.45, 7) is 4.70. The van der Waals surface area contributed by atoms with Crippen LogP contribution >= 0.6 is 0 Å². The molecule has 2 aliphatic heterocycles. The fourth-order valence-corrected chi connectivity index (χ4v) is 2.72. The molecule has 2 rings (SSSR count). The van der Waals surface area contributed by atoms with Crippen LogP contribution < -0.4 is 10.6 Å². The van der Waals surface area contributed by atoms with Crippen LogP contribution in [0.1, 0.15) is 19.3 Å². The van der Waals surface area contributed by atoms with Crippen LogP contribution in [0, 0.1) is 5.92 Å². The molecule has 2 heterocycles. The number of hydrogen-bond acceptors (Lipinski definition) is 4. The summed E-state index contributed by atoms with van der Waals surface area (Å²) in [6.07, 6.45) is 3.87. The average molecular weight is 228 g/mol. The average Bonchev–Trinajstić information content (AvgIpc) is 2.38. The molecule has 0 aromatic heterocycles. The van der Waals surface area contributed by atoms with E-state index >= 15 is 0 Å². The molecule has 16 heavy (non-hydrogen) atoms. The molecule has 0 aromatic carbocycles. The van der Waals surface area contributed by atoms with Crippen molar-refractivity contribution in [1.29, 1.82) is 0 Å². The zero-order valence-corrected chi connectivity index (χ0v) is 10.2. The zero-order valence-electron chi connectivity index (χ0n) is 10.2. The van der Waals surface area contributed by atoms with E-state index in [2.05, 4.69) is 17.7 Å². The van der Waals surface area contributed by atoms with Gasteiger partial charge in [0.2, 0.25) is 0 Å². The highest BCUT2D eigenvalue weighted by Crippen LogP contribution is 2.22. The van der Waals surface area contributed by atoms with Crippen molar-refractivity contribution in [1.82, 2.24) is 10.6 Å². The second-order valence-corrected chi connectivity index (χ2v) is 4.78. The second kappa shape index (κ2) is 6.55. The molecule has 4 nitrogen and oxygen atoms in total. The van der Waals surface area contributed by atoms with Gasteiger partial charge in [0.25, 0.3) is 0 Å². The molecule has 0 radical (unpaired) electrons. The van der Waals surface area contributed by atoms with Gasteiger partial charge in [-0.05, 0) is 32.2 Å². The Balaban J connectivity index is 1.78. The molecule has 2 N–H and O–H groups in total. The fraction of sp³-hybridized carbons (Fsp3) is 1.00. The Hall–Kier alpha value is -0.160. The first-order valence-electron chi connectivity index (χ1n) is 6.47. The van der Waals surface area contributed by atoms with Crippen molar-refractivity contribution < 1.29 is 9.47 Å². The fourth-order valence-electron chi connectivity index (χ4n) is 2.72. The second-order valence-electron chi connectivity index (χ2n) is 4.78. The minimum Gasteiger partial charge on any atom is -0.381 e.